The Morgan fingerprint density at radius 3 is 2.94 bits per heavy atom. The minimum absolute atomic E-state index is 0.151. The summed E-state index contributed by atoms with van der Waals surface area (Å²) in [6.45, 7) is 6.33. The first-order chi connectivity index (χ1) is 8.33. The minimum atomic E-state index is 0.151. The minimum Gasteiger partial charge on any atom is -0.454 e. The number of benzene rings is 1. The molecule has 4 heteroatoms. The lowest BCUT2D eigenvalue weighted by molar-refractivity contribution is 0.174. The Balaban J connectivity index is 2.03. The molecule has 1 N–H and O–H groups in total. The first-order valence-corrected chi connectivity index (χ1v) is 5.66. The summed E-state index contributed by atoms with van der Waals surface area (Å²) in [5.74, 6) is 1.59. The molecule has 0 saturated carbocycles. The molecule has 4 nitrogen and oxygen atoms in total. The summed E-state index contributed by atoms with van der Waals surface area (Å²) in [6.07, 6.45) is 1.84. The Morgan fingerprint density at radius 1 is 1.35 bits per heavy atom. The molecule has 1 aromatic rings. The predicted molar refractivity (Wildman–Crippen MR) is 65.1 cm³/mol. The van der Waals surface area contributed by atoms with Crippen molar-refractivity contribution in [1.29, 1.82) is 0 Å². The highest BCUT2D eigenvalue weighted by atomic mass is 16.7. The van der Waals surface area contributed by atoms with Gasteiger partial charge in [0.05, 0.1) is 6.61 Å². The molecule has 0 unspecified atom stereocenters. The maximum Gasteiger partial charge on any atom is 0.231 e. The molecule has 0 aliphatic carbocycles. The first-order valence-electron chi connectivity index (χ1n) is 5.66. The van der Waals surface area contributed by atoms with E-state index < -0.39 is 0 Å². The van der Waals surface area contributed by atoms with Crippen LogP contribution >= 0.6 is 0 Å². The Labute approximate surface area is 101 Å². The SMILES string of the molecule is C=CCN(CCO)Cc1ccc2c(c1)OCO2. The van der Waals surface area contributed by atoms with Crippen molar-refractivity contribution in [3.05, 3.63) is 36.4 Å². The molecule has 0 atom stereocenters. The molecule has 0 aromatic heterocycles. The molecule has 1 heterocycles. The molecule has 17 heavy (non-hydrogen) atoms. The maximum absolute atomic E-state index is 8.98. The lowest BCUT2D eigenvalue weighted by atomic mass is 10.2. The molecule has 1 aliphatic rings. The fourth-order valence-corrected chi connectivity index (χ4v) is 1.86. The molecule has 2 rings (SSSR count). The third-order valence-electron chi connectivity index (χ3n) is 2.65. The van der Waals surface area contributed by atoms with Crippen molar-refractivity contribution < 1.29 is 14.6 Å². The van der Waals surface area contributed by atoms with Crippen molar-refractivity contribution in [2.75, 3.05) is 26.5 Å². The number of fused-ring (bicyclic) bond motifs is 1. The van der Waals surface area contributed by atoms with Gasteiger partial charge in [0.25, 0.3) is 0 Å². The van der Waals surface area contributed by atoms with Crippen LogP contribution in [-0.2, 0) is 6.54 Å². The van der Waals surface area contributed by atoms with E-state index >= 15 is 0 Å². The van der Waals surface area contributed by atoms with Gasteiger partial charge in [-0.1, -0.05) is 12.1 Å². The van der Waals surface area contributed by atoms with Crippen LogP contribution in [0.5, 0.6) is 11.5 Å². The summed E-state index contributed by atoms with van der Waals surface area (Å²) in [5.41, 5.74) is 1.14. The lowest BCUT2D eigenvalue weighted by Gasteiger charge is -2.19. The molecule has 0 spiro atoms. The second-order valence-electron chi connectivity index (χ2n) is 3.94. The van der Waals surface area contributed by atoms with Gasteiger partial charge in [0.2, 0.25) is 6.79 Å². The van der Waals surface area contributed by atoms with Gasteiger partial charge in [-0.3, -0.25) is 4.90 Å². The lowest BCUT2D eigenvalue weighted by Crippen LogP contribution is -2.26. The molecule has 0 amide bonds. The molecule has 0 radical (unpaired) electrons. The van der Waals surface area contributed by atoms with E-state index in [1.165, 1.54) is 0 Å². The zero-order valence-corrected chi connectivity index (χ0v) is 9.76. The summed E-state index contributed by atoms with van der Waals surface area (Å²) in [7, 11) is 0. The fourth-order valence-electron chi connectivity index (χ4n) is 1.86. The highest BCUT2D eigenvalue weighted by Crippen LogP contribution is 2.32. The van der Waals surface area contributed by atoms with E-state index in [-0.39, 0.29) is 6.61 Å². The van der Waals surface area contributed by atoms with E-state index in [0.717, 1.165) is 30.2 Å². The highest BCUT2D eigenvalue weighted by Gasteiger charge is 2.14. The second-order valence-corrected chi connectivity index (χ2v) is 3.94. The average molecular weight is 235 g/mol. The molecule has 0 bridgehead atoms. The van der Waals surface area contributed by atoms with Crippen molar-refractivity contribution in [1.82, 2.24) is 4.90 Å². The van der Waals surface area contributed by atoms with Crippen molar-refractivity contribution in [3.8, 4) is 11.5 Å². The number of hydrogen-bond acceptors (Lipinski definition) is 4. The van der Waals surface area contributed by atoms with Crippen LogP contribution in [0.25, 0.3) is 0 Å². The van der Waals surface area contributed by atoms with Gasteiger partial charge in [-0.2, -0.15) is 0 Å². The molecular formula is C13H17NO3. The van der Waals surface area contributed by atoms with Crippen LogP contribution in [0.1, 0.15) is 5.56 Å². The molecular weight excluding hydrogens is 218 g/mol. The largest absolute Gasteiger partial charge is 0.454 e. The van der Waals surface area contributed by atoms with Crippen LogP contribution in [0.3, 0.4) is 0 Å². The van der Waals surface area contributed by atoms with E-state index in [0.29, 0.717) is 13.3 Å². The van der Waals surface area contributed by atoms with Crippen molar-refractivity contribution in [2.45, 2.75) is 6.54 Å². The summed E-state index contributed by atoms with van der Waals surface area (Å²) < 4.78 is 10.6. The number of ether oxygens (including phenoxy) is 2. The van der Waals surface area contributed by atoms with E-state index in [2.05, 4.69) is 11.5 Å². The number of hydrogen-bond donors (Lipinski definition) is 1. The standard InChI is InChI=1S/C13H17NO3/c1-2-5-14(6-7-15)9-11-3-4-12-13(8-11)17-10-16-12/h2-4,8,15H,1,5-7,9-10H2. The number of aliphatic hydroxyl groups excluding tert-OH is 1. The zero-order valence-electron chi connectivity index (χ0n) is 9.76. The van der Waals surface area contributed by atoms with Gasteiger partial charge in [-0.25, -0.2) is 0 Å². The Kier molecular flexibility index (Phi) is 4.01. The smallest absolute Gasteiger partial charge is 0.231 e. The molecule has 92 valence electrons. The number of aliphatic hydroxyl groups is 1. The van der Waals surface area contributed by atoms with Crippen molar-refractivity contribution in [3.63, 3.8) is 0 Å². The third kappa shape index (κ3) is 2.99. The molecule has 1 aliphatic heterocycles. The Morgan fingerprint density at radius 2 is 2.18 bits per heavy atom. The van der Waals surface area contributed by atoms with Gasteiger partial charge in [-0.15, -0.1) is 6.58 Å². The van der Waals surface area contributed by atoms with Crippen LogP contribution < -0.4 is 9.47 Å². The topological polar surface area (TPSA) is 41.9 Å². The van der Waals surface area contributed by atoms with E-state index in [4.69, 9.17) is 14.6 Å². The zero-order chi connectivity index (χ0) is 12.1. The summed E-state index contributed by atoms with van der Waals surface area (Å²) >= 11 is 0. The highest BCUT2D eigenvalue weighted by molar-refractivity contribution is 5.44. The van der Waals surface area contributed by atoms with E-state index in [1.54, 1.807) is 0 Å². The molecule has 1 aromatic carbocycles. The summed E-state index contributed by atoms with van der Waals surface area (Å²) in [4.78, 5) is 2.12. The summed E-state index contributed by atoms with van der Waals surface area (Å²) in [6, 6.07) is 5.92. The predicted octanol–water partition coefficient (Wildman–Crippen LogP) is 1.40. The quantitative estimate of drug-likeness (QED) is 0.757. The second kappa shape index (κ2) is 5.70. The van der Waals surface area contributed by atoms with Gasteiger partial charge in [0.1, 0.15) is 0 Å². The Bertz CT molecular complexity index is 392. The van der Waals surface area contributed by atoms with Gasteiger partial charge in [0.15, 0.2) is 11.5 Å². The van der Waals surface area contributed by atoms with Gasteiger partial charge >= 0.3 is 0 Å². The number of rotatable bonds is 6. The van der Waals surface area contributed by atoms with Crippen LogP contribution in [0, 0.1) is 0 Å². The van der Waals surface area contributed by atoms with E-state index in [9.17, 15) is 0 Å². The van der Waals surface area contributed by atoms with Gasteiger partial charge in [0, 0.05) is 19.6 Å². The fraction of sp³-hybridized carbons (Fsp3) is 0.385. The normalized spacial score (nSPS) is 13.1. The van der Waals surface area contributed by atoms with Crippen LogP contribution in [0.15, 0.2) is 30.9 Å². The summed E-state index contributed by atoms with van der Waals surface area (Å²) in [5, 5.41) is 8.98. The van der Waals surface area contributed by atoms with Crippen molar-refractivity contribution >= 4 is 0 Å². The number of nitrogens with zero attached hydrogens (tertiary/aromatic N) is 1. The third-order valence-corrected chi connectivity index (χ3v) is 2.65. The average Bonchev–Trinajstić information content (AvgIpc) is 2.77. The molecule has 0 fully saturated rings. The van der Waals surface area contributed by atoms with Gasteiger partial charge in [-0.05, 0) is 17.7 Å². The van der Waals surface area contributed by atoms with E-state index in [1.807, 2.05) is 24.3 Å². The maximum atomic E-state index is 8.98. The monoisotopic (exact) mass is 235 g/mol. The van der Waals surface area contributed by atoms with Gasteiger partial charge < -0.3 is 14.6 Å². The Hall–Kier alpha value is -1.52. The molecule has 0 saturated heterocycles. The van der Waals surface area contributed by atoms with Crippen LogP contribution in [0.4, 0.5) is 0 Å². The van der Waals surface area contributed by atoms with Crippen molar-refractivity contribution in [2.24, 2.45) is 0 Å². The first kappa shape index (κ1) is 12.0. The van der Waals surface area contributed by atoms with Crippen LogP contribution in [0.2, 0.25) is 0 Å². The van der Waals surface area contributed by atoms with Crippen LogP contribution in [-0.4, -0.2) is 36.5 Å².